The number of carbonyl (C=O) groups is 2. The second kappa shape index (κ2) is 8.34. The number of cyclic esters (lactones) is 1. The molecule has 1 fully saturated rings. The standard InChI is InChI=1S/C17H12Cl2F3N3O4/c1-24(8-2-3-11(20)10(18)4-8)15(26)12-7-28-17(27)25(12)14-6-9(29-16(21)22)5-13(19)23-14/h2-6,12,16H,7H2,1H3. The number of amides is 2. The second-order valence-electron chi connectivity index (χ2n) is 5.82. The molecular formula is C17H12Cl2F3N3O4. The van der Waals surface area contributed by atoms with Gasteiger partial charge in [0.2, 0.25) is 0 Å². The Morgan fingerprint density at radius 1 is 1.34 bits per heavy atom. The van der Waals surface area contributed by atoms with E-state index in [-0.39, 0.29) is 34.0 Å². The van der Waals surface area contributed by atoms with Gasteiger partial charge in [-0.1, -0.05) is 23.2 Å². The number of anilines is 2. The van der Waals surface area contributed by atoms with Crippen molar-refractivity contribution >= 4 is 46.7 Å². The molecule has 0 spiro atoms. The SMILES string of the molecule is CN(C(=O)C1COC(=O)N1c1cc(OC(F)F)cc(Cl)n1)c1ccc(F)c(Cl)c1. The van der Waals surface area contributed by atoms with E-state index in [4.69, 9.17) is 27.9 Å². The van der Waals surface area contributed by atoms with E-state index in [0.29, 0.717) is 0 Å². The first-order valence-electron chi connectivity index (χ1n) is 7.98. The van der Waals surface area contributed by atoms with Crippen LogP contribution in [-0.2, 0) is 9.53 Å². The molecular weight excluding hydrogens is 438 g/mol. The minimum Gasteiger partial charge on any atom is -0.446 e. The average Bonchev–Trinajstić information content (AvgIpc) is 3.03. The van der Waals surface area contributed by atoms with Gasteiger partial charge in [-0.05, 0) is 18.2 Å². The molecule has 2 heterocycles. The first-order valence-corrected chi connectivity index (χ1v) is 8.74. The van der Waals surface area contributed by atoms with Crippen molar-refractivity contribution in [1.82, 2.24) is 4.98 Å². The maximum atomic E-state index is 13.4. The summed E-state index contributed by atoms with van der Waals surface area (Å²) in [5, 5.41) is -0.425. The number of benzene rings is 1. The van der Waals surface area contributed by atoms with Gasteiger partial charge in [0.15, 0.2) is 6.04 Å². The highest BCUT2D eigenvalue weighted by Crippen LogP contribution is 2.30. The normalized spacial score (nSPS) is 16.2. The van der Waals surface area contributed by atoms with Gasteiger partial charge in [-0.15, -0.1) is 0 Å². The summed E-state index contributed by atoms with van der Waals surface area (Å²) in [6.45, 7) is -3.45. The lowest BCUT2D eigenvalue weighted by Gasteiger charge is -2.25. The number of likely N-dealkylation sites (N-methyl/N-ethyl adjacent to an activating group) is 1. The van der Waals surface area contributed by atoms with Crippen LogP contribution in [0.3, 0.4) is 0 Å². The number of ether oxygens (including phenoxy) is 2. The third-order valence-corrected chi connectivity index (χ3v) is 4.49. The van der Waals surface area contributed by atoms with Gasteiger partial charge in [-0.25, -0.2) is 19.1 Å². The number of alkyl halides is 2. The summed E-state index contributed by atoms with van der Waals surface area (Å²) in [7, 11) is 1.39. The van der Waals surface area contributed by atoms with Gasteiger partial charge >= 0.3 is 12.7 Å². The number of halogens is 5. The number of nitrogens with zero attached hydrogens (tertiary/aromatic N) is 3. The molecule has 2 aromatic rings. The largest absolute Gasteiger partial charge is 0.446 e. The zero-order valence-corrected chi connectivity index (χ0v) is 16.1. The van der Waals surface area contributed by atoms with Crippen molar-refractivity contribution in [3.05, 3.63) is 46.3 Å². The van der Waals surface area contributed by atoms with Crippen molar-refractivity contribution in [2.24, 2.45) is 0 Å². The van der Waals surface area contributed by atoms with Crippen molar-refractivity contribution in [1.29, 1.82) is 0 Å². The molecule has 1 atom stereocenters. The van der Waals surface area contributed by atoms with E-state index in [9.17, 15) is 22.8 Å². The molecule has 1 aliphatic rings. The Labute approximate surface area is 172 Å². The van der Waals surface area contributed by atoms with Gasteiger partial charge in [0.05, 0.1) is 5.02 Å². The summed E-state index contributed by atoms with van der Waals surface area (Å²) in [6, 6.07) is 4.53. The van der Waals surface area contributed by atoms with Gasteiger partial charge in [-0.2, -0.15) is 8.78 Å². The van der Waals surface area contributed by atoms with E-state index in [1.807, 2.05) is 0 Å². The first-order chi connectivity index (χ1) is 13.7. The van der Waals surface area contributed by atoms with Crippen molar-refractivity contribution < 1.29 is 32.2 Å². The third-order valence-electron chi connectivity index (χ3n) is 4.01. The zero-order valence-electron chi connectivity index (χ0n) is 14.6. The Morgan fingerprint density at radius 2 is 2.07 bits per heavy atom. The Morgan fingerprint density at radius 3 is 2.72 bits per heavy atom. The minimum atomic E-state index is -3.13. The number of hydrogen-bond donors (Lipinski definition) is 0. The Balaban J connectivity index is 1.91. The monoisotopic (exact) mass is 449 g/mol. The van der Waals surface area contributed by atoms with Gasteiger partial charge in [0, 0.05) is 24.9 Å². The molecule has 1 aromatic carbocycles. The summed E-state index contributed by atoms with van der Waals surface area (Å²) in [4.78, 5) is 31.0. The predicted octanol–water partition coefficient (Wildman–Crippen LogP) is 4.12. The molecule has 0 saturated carbocycles. The topological polar surface area (TPSA) is 72.0 Å². The van der Waals surface area contributed by atoms with E-state index < -0.39 is 30.5 Å². The number of hydrogen-bond acceptors (Lipinski definition) is 5. The smallest absolute Gasteiger partial charge is 0.416 e. The molecule has 0 bridgehead atoms. The summed E-state index contributed by atoms with van der Waals surface area (Å²) in [5.41, 5.74) is 0.265. The predicted molar refractivity (Wildman–Crippen MR) is 98.3 cm³/mol. The van der Waals surface area contributed by atoms with Crippen molar-refractivity contribution in [2.45, 2.75) is 12.7 Å². The molecule has 12 heteroatoms. The number of pyridine rings is 1. The molecule has 29 heavy (non-hydrogen) atoms. The van der Waals surface area contributed by atoms with E-state index in [1.165, 1.54) is 19.2 Å². The van der Waals surface area contributed by atoms with Crippen LogP contribution in [-0.4, -0.2) is 43.3 Å². The number of aromatic nitrogens is 1. The molecule has 3 rings (SSSR count). The second-order valence-corrected chi connectivity index (χ2v) is 6.62. The lowest BCUT2D eigenvalue weighted by molar-refractivity contribution is -0.119. The highest BCUT2D eigenvalue weighted by molar-refractivity contribution is 6.31. The fourth-order valence-electron chi connectivity index (χ4n) is 2.66. The van der Waals surface area contributed by atoms with Crippen LogP contribution < -0.4 is 14.5 Å². The Hall–Kier alpha value is -2.72. The molecule has 1 unspecified atom stereocenters. The fourth-order valence-corrected chi connectivity index (χ4v) is 3.02. The van der Waals surface area contributed by atoms with Crippen LogP contribution in [0.1, 0.15) is 0 Å². The summed E-state index contributed by atoms with van der Waals surface area (Å²) in [6.07, 6.45) is -0.924. The van der Waals surface area contributed by atoms with Crippen LogP contribution in [0.5, 0.6) is 5.75 Å². The van der Waals surface area contributed by atoms with Crippen LogP contribution in [0, 0.1) is 5.82 Å². The molecule has 0 radical (unpaired) electrons. The van der Waals surface area contributed by atoms with Gasteiger partial charge in [-0.3, -0.25) is 4.79 Å². The maximum absolute atomic E-state index is 13.4. The van der Waals surface area contributed by atoms with Crippen molar-refractivity contribution in [3.63, 3.8) is 0 Å². The van der Waals surface area contributed by atoms with Crippen LogP contribution >= 0.6 is 23.2 Å². The van der Waals surface area contributed by atoms with E-state index in [1.54, 1.807) is 0 Å². The zero-order chi connectivity index (χ0) is 21.3. The van der Waals surface area contributed by atoms with E-state index in [0.717, 1.165) is 28.0 Å². The van der Waals surface area contributed by atoms with Gasteiger partial charge < -0.3 is 14.4 Å². The Kier molecular flexibility index (Phi) is 6.04. The van der Waals surface area contributed by atoms with Crippen LogP contribution in [0.15, 0.2) is 30.3 Å². The molecule has 7 nitrogen and oxygen atoms in total. The lowest BCUT2D eigenvalue weighted by atomic mass is 10.2. The fraction of sp³-hybridized carbons (Fsp3) is 0.235. The summed E-state index contributed by atoms with van der Waals surface area (Å²) in [5.74, 6) is -1.83. The van der Waals surface area contributed by atoms with Gasteiger partial charge in [0.25, 0.3) is 5.91 Å². The molecule has 0 aliphatic carbocycles. The highest BCUT2D eigenvalue weighted by Gasteiger charge is 2.42. The van der Waals surface area contributed by atoms with Gasteiger partial charge in [0.1, 0.15) is 29.1 Å². The first kappa shape index (κ1) is 21.0. The lowest BCUT2D eigenvalue weighted by Crippen LogP contribution is -2.47. The Bertz CT molecular complexity index is 964. The van der Waals surface area contributed by atoms with Crippen LogP contribution in [0.4, 0.5) is 29.5 Å². The molecule has 1 aliphatic heterocycles. The average molecular weight is 450 g/mol. The molecule has 1 saturated heterocycles. The highest BCUT2D eigenvalue weighted by atomic mass is 35.5. The maximum Gasteiger partial charge on any atom is 0.416 e. The van der Waals surface area contributed by atoms with E-state index >= 15 is 0 Å². The van der Waals surface area contributed by atoms with Crippen molar-refractivity contribution in [2.75, 3.05) is 23.5 Å². The molecule has 2 amide bonds. The minimum absolute atomic E-state index is 0.192. The number of rotatable bonds is 5. The van der Waals surface area contributed by atoms with Crippen LogP contribution in [0.25, 0.3) is 0 Å². The third kappa shape index (κ3) is 4.48. The molecule has 154 valence electrons. The van der Waals surface area contributed by atoms with Crippen LogP contribution in [0.2, 0.25) is 10.2 Å². The quantitative estimate of drug-likeness (QED) is 0.642. The molecule has 0 N–H and O–H groups in total. The molecule has 1 aromatic heterocycles. The van der Waals surface area contributed by atoms with E-state index in [2.05, 4.69) is 9.72 Å². The summed E-state index contributed by atoms with van der Waals surface area (Å²) >= 11 is 11.6. The van der Waals surface area contributed by atoms with Crippen molar-refractivity contribution in [3.8, 4) is 5.75 Å². The summed E-state index contributed by atoms with van der Waals surface area (Å²) < 4.78 is 47.6. The number of carbonyl (C=O) groups excluding carboxylic acids is 2.